The number of hydrogen-bond acceptors (Lipinski definition) is 3. The third-order valence-electron chi connectivity index (χ3n) is 2.96. The first-order chi connectivity index (χ1) is 8.58. The second-order valence-electron chi connectivity index (χ2n) is 4.29. The van der Waals surface area contributed by atoms with Crippen molar-refractivity contribution >= 4 is 11.7 Å². The number of nitrogens with two attached hydrogens (primary N) is 1. The monoisotopic (exact) mass is 244 g/mol. The summed E-state index contributed by atoms with van der Waals surface area (Å²) < 4.78 is 0. The normalized spacial score (nSPS) is 10.3. The number of carbonyl (C=O) groups is 1. The molecular formula is C13H16N4O. The molecule has 1 aromatic heterocycles. The number of rotatable bonds is 3. The second-order valence-corrected chi connectivity index (χ2v) is 4.29. The average molecular weight is 244 g/mol. The van der Waals surface area contributed by atoms with Crippen molar-refractivity contribution in [3.05, 3.63) is 46.6 Å². The van der Waals surface area contributed by atoms with Crippen LogP contribution >= 0.6 is 0 Å². The zero-order valence-corrected chi connectivity index (χ0v) is 10.4. The van der Waals surface area contributed by atoms with Gasteiger partial charge in [0, 0.05) is 17.7 Å². The highest BCUT2D eigenvalue weighted by Gasteiger charge is 2.08. The minimum Gasteiger partial charge on any atom is -0.384 e. The van der Waals surface area contributed by atoms with Crippen LogP contribution in [0.25, 0.3) is 0 Å². The molecule has 18 heavy (non-hydrogen) atoms. The van der Waals surface area contributed by atoms with E-state index in [1.54, 1.807) is 6.20 Å². The zero-order chi connectivity index (χ0) is 13.1. The van der Waals surface area contributed by atoms with E-state index in [9.17, 15) is 4.79 Å². The number of amides is 1. The highest BCUT2D eigenvalue weighted by molar-refractivity contribution is 5.94. The van der Waals surface area contributed by atoms with Gasteiger partial charge in [0.1, 0.15) is 5.82 Å². The molecule has 5 nitrogen and oxygen atoms in total. The Bertz CT molecular complexity index is 574. The molecule has 0 aliphatic carbocycles. The first-order valence-corrected chi connectivity index (χ1v) is 5.71. The van der Waals surface area contributed by atoms with Crippen molar-refractivity contribution in [3.8, 4) is 0 Å². The maximum atomic E-state index is 11.9. The van der Waals surface area contributed by atoms with Gasteiger partial charge in [-0.05, 0) is 37.1 Å². The number of carbonyl (C=O) groups excluding carboxylic acids is 1. The summed E-state index contributed by atoms with van der Waals surface area (Å²) in [7, 11) is 0. The van der Waals surface area contributed by atoms with Crippen molar-refractivity contribution in [2.75, 3.05) is 5.73 Å². The molecule has 0 fully saturated rings. The van der Waals surface area contributed by atoms with E-state index in [1.165, 1.54) is 5.56 Å². The number of aromatic nitrogens is 2. The molecule has 1 amide bonds. The van der Waals surface area contributed by atoms with Gasteiger partial charge in [0.05, 0.1) is 6.20 Å². The Labute approximate surface area is 105 Å². The molecule has 1 heterocycles. The molecular weight excluding hydrogens is 228 g/mol. The summed E-state index contributed by atoms with van der Waals surface area (Å²) in [5.74, 6) is 0.370. The van der Waals surface area contributed by atoms with Gasteiger partial charge in [-0.1, -0.05) is 6.07 Å². The van der Waals surface area contributed by atoms with E-state index < -0.39 is 0 Å². The molecule has 0 saturated carbocycles. The number of nitrogens with zero attached hydrogens (tertiary/aromatic N) is 1. The fourth-order valence-electron chi connectivity index (χ4n) is 1.62. The summed E-state index contributed by atoms with van der Waals surface area (Å²) in [6, 6.07) is 5.64. The molecule has 2 aromatic rings. The molecule has 94 valence electrons. The molecule has 1 aromatic carbocycles. The van der Waals surface area contributed by atoms with Crippen LogP contribution in [0.1, 0.15) is 27.0 Å². The number of anilines is 1. The smallest absolute Gasteiger partial charge is 0.251 e. The molecule has 2 rings (SSSR count). The first kappa shape index (κ1) is 12.2. The van der Waals surface area contributed by atoms with Gasteiger partial charge in [0.25, 0.3) is 5.91 Å². The minimum absolute atomic E-state index is 0.112. The van der Waals surface area contributed by atoms with E-state index in [1.807, 2.05) is 32.0 Å². The van der Waals surface area contributed by atoms with Crippen LogP contribution in [0.4, 0.5) is 5.82 Å². The Morgan fingerprint density at radius 1 is 1.39 bits per heavy atom. The van der Waals surface area contributed by atoms with Gasteiger partial charge in [-0.15, -0.1) is 0 Å². The SMILES string of the molecule is Cc1ccc(C(=O)NCc2cn[nH]c2N)cc1C. The van der Waals surface area contributed by atoms with Crippen LogP contribution in [0, 0.1) is 13.8 Å². The molecule has 0 atom stereocenters. The van der Waals surface area contributed by atoms with Crippen LogP contribution in [-0.2, 0) is 6.54 Å². The molecule has 0 spiro atoms. The third-order valence-corrected chi connectivity index (χ3v) is 2.96. The van der Waals surface area contributed by atoms with Gasteiger partial charge >= 0.3 is 0 Å². The van der Waals surface area contributed by atoms with E-state index in [0.29, 0.717) is 17.9 Å². The Kier molecular flexibility index (Phi) is 3.32. The van der Waals surface area contributed by atoms with Gasteiger partial charge in [0.15, 0.2) is 0 Å². The number of aromatic amines is 1. The van der Waals surface area contributed by atoms with E-state index in [-0.39, 0.29) is 5.91 Å². The molecule has 0 unspecified atom stereocenters. The zero-order valence-electron chi connectivity index (χ0n) is 10.4. The van der Waals surface area contributed by atoms with Crippen molar-refractivity contribution in [2.45, 2.75) is 20.4 Å². The maximum absolute atomic E-state index is 11.9. The second kappa shape index (κ2) is 4.91. The van der Waals surface area contributed by atoms with Crippen molar-refractivity contribution in [3.63, 3.8) is 0 Å². The van der Waals surface area contributed by atoms with Crippen molar-refractivity contribution in [1.29, 1.82) is 0 Å². The van der Waals surface area contributed by atoms with Gasteiger partial charge in [-0.3, -0.25) is 9.89 Å². The Balaban J connectivity index is 2.04. The fraction of sp³-hybridized carbons (Fsp3) is 0.231. The predicted molar refractivity (Wildman–Crippen MR) is 70.1 cm³/mol. The average Bonchev–Trinajstić information content (AvgIpc) is 2.75. The van der Waals surface area contributed by atoms with Crippen molar-refractivity contribution in [2.24, 2.45) is 0 Å². The molecule has 5 heteroatoms. The summed E-state index contributed by atoms with van der Waals surface area (Å²) in [5.41, 5.74) is 9.35. The number of aryl methyl sites for hydroxylation is 2. The Hall–Kier alpha value is -2.30. The first-order valence-electron chi connectivity index (χ1n) is 5.71. The van der Waals surface area contributed by atoms with Gasteiger partial charge in [-0.2, -0.15) is 5.10 Å². The minimum atomic E-state index is -0.112. The number of benzene rings is 1. The van der Waals surface area contributed by atoms with Gasteiger partial charge in [-0.25, -0.2) is 0 Å². The number of hydrogen-bond donors (Lipinski definition) is 3. The lowest BCUT2D eigenvalue weighted by Crippen LogP contribution is -2.23. The largest absolute Gasteiger partial charge is 0.384 e. The highest BCUT2D eigenvalue weighted by atomic mass is 16.1. The lowest BCUT2D eigenvalue weighted by Gasteiger charge is -2.06. The fourth-order valence-corrected chi connectivity index (χ4v) is 1.62. The molecule has 4 N–H and O–H groups in total. The molecule has 0 radical (unpaired) electrons. The standard InChI is InChI=1S/C13H16N4O/c1-8-3-4-10(5-9(8)2)13(18)15-6-11-7-16-17-12(11)14/h3-5,7H,6H2,1-2H3,(H,15,18)(H3,14,16,17). The van der Waals surface area contributed by atoms with Crippen LogP contribution in [0.5, 0.6) is 0 Å². The van der Waals surface area contributed by atoms with Crippen molar-refractivity contribution < 1.29 is 4.79 Å². The number of nitrogens with one attached hydrogen (secondary N) is 2. The number of nitrogen functional groups attached to an aromatic ring is 1. The topological polar surface area (TPSA) is 83.8 Å². The Morgan fingerprint density at radius 2 is 2.17 bits per heavy atom. The van der Waals surface area contributed by atoms with E-state index in [0.717, 1.165) is 11.1 Å². The third kappa shape index (κ3) is 2.51. The lowest BCUT2D eigenvalue weighted by molar-refractivity contribution is 0.0951. The van der Waals surface area contributed by atoms with Crippen LogP contribution in [0.2, 0.25) is 0 Å². The van der Waals surface area contributed by atoms with Crippen LogP contribution < -0.4 is 11.1 Å². The molecule has 0 aliphatic rings. The quantitative estimate of drug-likeness (QED) is 0.765. The molecule has 0 aliphatic heterocycles. The summed E-state index contributed by atoms with van der Waals surface area (Å²) in [6.07, 6.45) is 1.61. The summed E-state index contributed by atoms with van der Waals surface area (Å²) in [6.45, 7) is 4.37. The van der Waals surface area contributed by atoms with Crippen LogP contribution in [-0.4, -0.2) is 16.1 Å². The lowest BCUT2D eigenvalue weighted by atomic mass is 10.1. The van der Waals surface area contributed by atoms with Gasteiger partial charge in [0.2, 0.25) is 0 Å². The summed E-state index contributed by atoms with van der Waals surface area (Å²) in [5, 5.41) is 9.23. The highest BCUT2D eigenvalue weighted by Crippen LogP contribution is 2.10. The molecule has 0 bridgehead atoms. The molecule has 0 saturated heterocycles. The van der Waals surface area contributed by atoms with Gasteiger partial charge < -0.3 is 11.1 Å². The maximum Gasteiger partial charge on any atom is 0.251 e. The summed E-state index contributed by atoms with van der Waals surface area (Å²) in [4.78, 5) is 11.9. The van der Waals surface area contributed by atoms with Crippen LogP contribution in [0.15, 0.2) is 24.4 Å². The predicted octanol–water partition coefficient (Wildman–Crippen LogP) is 1.54. The number of H-pyrrole nitrogens is 1. The van der Waals surface area contributed by atoms with E-state index in [4.69, 9.17) is 5.73 Å². The van der Waals surface area contributed by atoms with Crippen molar-refractivity contribution in [1.82, 2.24) is 15.5 Å². The van der Waals surface area contributed by atoms with E-state index >= 15 is 0 Å². The van der Waals surface area contributed by atoms with Crippen LogP contribution in [0.3, 0.4) is 0 Å². The Morgan fingerprint density at radius 3 is 2.78 bits per heavy atom. The summed E-state index contributed by atoms with van der Waals surface area (Å²) >= 11 is 0. The van der Waals surface area contributed by atoms with E-state index in [2.05, 4.69) is 15.5 Å².